The van der Waals surface area contributed by atoms with E-state index in [0.717, 1.165) is 25.0 Å². The van der Waals surface area contributed by atoms with E-state index < -0.39 is 0 Å². The predicted octanol–water partition coefficient (Wildman–Crippen LogP) is 2.76. The Balaban J connectivity index is 2.39. The normalized spacial score (nSPS) is 10.8. The van der Waals surface area contributed by atoms with Gasteiger partial charge >= 0.3 is 0 Å². The second kappa shape index (κ2) is 11.5. The van der Waals surface area contributed by atoms with E-state index in [2.05, 4.69) is 12.2 Å². The molecule has 0 saturated carbocycles. The van der Waals surface area contributed by atoms with Crippen molar-refractivity contribution in [1.29, 1.82) is 0 Å². The first-order valence-corrected chi connectivity index (χ1v) is 7.47. The van der Waals surface area contributed by atoms with Crippen molar-refractivity contribution in [3.8, 4) is 5.75 Å². The lowest BCUT2D eigenvalue weighted by molar-refractivity contribution is 0.0962. The molecule has 0 radical (unpaired) electrons. The van der Waals surface area contributed by atoms with Crippen LogP contribution in [0.4, 0.5) is 4.39 Å². The van der Waals surface area contributed by atoms with Gasteiger partial charge in [-0.3, -0.25) is 0 Å². The zero-order valence-electron chi connectivity index (χ0n) is 13.0. The SMILES string of the molecule is CCCCOCCOc1c(F)cccc1CNCCOC. The molecule has 0 unspecified atom stereocenters. The van der Waals surface area contributed by atoms with Crippen LogP contribution in [0.15, 0.2) is 18.2 Å². The molecule has 0 atom stereocenters. The topological polar surface area (TPSA) is 39.7 Å². The Kier molecular flexibility index (Phi) is 9.78. The molecule has 0 spiro atoms. The third-order valence-corrected chi connectivity index (χ3v) is 2.96. The standard InChI is InChI=1S/C16H26FNO3/c1-3-4-9-20-11-12-21-16-14(6-5-7-15(16)17)13-18-8-10-19-2/h5-7,18H,3-4,8-13H2,1-2H3. The summed E-state index contributed by atoms with van der Waals surface area (Å²) in [5.41, 5.74) is 0.805. The van der Waals surface area contributed by atoms with Crippen LogP contribution in [0.1, 0.15) is 25.3 Å². The van der Waals surface area contributed by atoms with E-state index in [4.69, 9.17) is 14.2 Å². The molecule has 4 nitrogen and oxygen atoms in total. The molecule has 1 aromatic rings. The monoisotopic (exact) mass is 299 g/mol. The van der Waals surface area contributed by atoms with Gasteiger partial charge in [0.2, 0.25) is 0 Å². The third kappa shape index (κ3) is 7.41. The summed E-state index contributed by atoms with van der Waals surface area (Å²) in [4.78, 5) is 0. The highest BCUT2D eigenvalue weighted by atomic mass is 19.1. The first kappa shape index (κ1) is 17.9. The Morgan fingerprint density at radius 3 is 2.76 bits per heavy atom. The minimum atomic E-state index is -0.338. The quantitative estimate of drug-likeness (QED) is 0.602. The zero-order chi connectivity index (χ0) is 15.3. The van der Waals surface area contributed by atoms with E-state index in [1.54, 1.807) is 13.2 Å². The van der Waals surface area contributed by atoms with Crippen LogP contribution in [-0.4, -0.2) is 40.1 Å². The Morgan fingerprint density at radius 2 is 2.00 bits per heavy atom. The Labute approximate surface area is 126 Å². The molecule has 1 aromatic carbocycles. The fraction of sp³-hybridized carbons (Fsp3) is 0.625. The van der Waals surface area contributed by atoms with Gasteiger partial charge in [0.25, 0.3) is 0 Å². The highest BCUT2D eigenvalue weighted by molar-refractivity contribution is 5.34. The predicted molar refractivity (Wildman–Crippen MR) is 81.2 cm³/mol. The maximum absolute atomic E-state index is 13.8. The first-order valence-electron chi connectivity index (χ1n) is 7.47. The van der Waals surface area contributed by atoms with Gasteiger partial charge in [-0.1, -0.05) is 25.5 Å². The van der Waals surface area contributed by atoms with Gasteiger partial charge in [0.15, 0.2) is 11.6 Å². The van der Waals surface area contributed by atoms with Gasteiger partial charge < -0.3 is 19.5 Å². The van der Waals surface area contributed by atoms with Crippen LogP contribution < -0.4 is 10.1 Å². The molecule has 21 heavy (non-hydrogen) atoms. The number of unbranched alkanes of at least 4 members (excludes halogenated alkanes) is 1. The maximum Gasteiger partial charge on any atom is 0.165 e. The van der Waals surface area contributed by atoms with Gasteiger partial charge in [0.05, 0.1) is 13.2 Å². The largest absolute Gasteiger partial charge is 0.488 e. The average molecular weight is 299 g/mol. The number of hydrogen-bond acceptors (Lipinski definition) is 4. The second-order valence-electron chi connectivity index (χ2n) is 4.71. The molecule has 1 N–H and O–H groups in total. The van der Waals surface area contributed by atoms with Crippen molar-refractivity contribution in [1.82, 2.24) is 5.32 Å². The second-order valence-corrected chi connectivity index (χ2v) is 4.71. The van der Waals surface area contributed by atoms with Gasteiger partial charge in [-0.05, 0) is 12.5 Å². The van der Waals surface area contributed by atoms with Gasteiger partial charge in [-0.15, -0.1) is 0 Å². The van der Waals surface area contributed by atoms with Gasteiger partial charge in [0, 0.05) is 32.4 Å². The molecular formula is C16H26FNO3. The number of hydrogen-bond donors (Lipinski definition) is 1. The molecule has 0 fully saturated rings. The lowest BCUT2D eigenvalue weighted by Gasteiger charge is -2.13. The fourth-order valence-electron chi connectivity index (χ4n) is 1.80. The number of methoxy groups -OCH3 is 1. The highest BCUT2D eigenvalue weighted by Crippen LogP contribution is 2.22. The summed E-state index contributed by atoms with van der Waals surface area (Å²) in [6.45, 7) is 5.56. The van der Waals surface area contributed by atoms with Gasteiger partial charge in [-0.25, -0.2) is 4.39 Å². The molecular weight excluding hydrogens is 273 g/mol. The van der Waals surface area contributed by atoms with Crippen molar-refractivity contribution in [3.63, 3.8) is 0 Å². The summed E-state index contributed by atoms with van der Waals surface area (Å²) >= 11 is 0. The summed E-state index contributed by atoms with van der Waals surface area (Å²) in [6, 6.07) is 4.95. The van der Waals surface area contributed by atoms with Gasteiger partial charge in [0.1, 0.15) is 6.61 Å². The highest BCUT2D eigenvalue weighted by Gasteiger charge is 2.09. The molecule has 0 saturated heterocycles. The van der Waals surface area contributed by atoms with Crippen LogP contribution in [0.25, 0.3) is 0 Å². The summed E-state index contributed by atoms with van der Waals surface area (Å²) in [5, 5.41) is 3.19. The van der Waals surface area contributed by atoms with E-state index in [-0.39, 0.29) is 5.82 Å². The number of nitrogens with one attached hydrogen (secondary N) is 1. The Morgan fingerprint density at radius 1 is 1.14 bits per heavy atom. The summed E-state index contributed by atoms with van der Waals surface area (Å²) in [7, 11) is 1.65. The van der Waals surface area contributed by atoms with Crippen LogP contribution in [0.3, 0.4) is 0 Å². The summed E-state index contributed by atoms with van der Waals surface area (Å²) in [5.74, 6) is -0.0314. The van der Waals surface area contributed by atoms with Crippen molar-refractivity contribution in [2.24, 2.45) is 0 Å². The summed E-state index contributed by atoms with van der Waals surface area (Å²) in [6.07, 6.45) is 2.14. The van der Waals surface area contributed by atoms with Gasteiger partial charge in [-0.2, -0.15) is 0 Å². The van der Waals surface area contributed by atoms with Crippen molar-refractivity contribution in [2.75, 3.05) is 40.1 Å². The van der Waals surface area contributed by atoms with E-state index in [9.17, 15) is 4.39 Å². The average Bonchev–Trinajstić information content (AvgIpc) is 2.49. The zero-order valence-corrected chi connectivity index (χ0v) is 13.0. The molecule has 0 aliphatic rings. The third-order valence-electron chi connectivity index (χ3n) is 2.96. The molecule has 0 aliphatic carbocycles. The van der Waals surface area contributed by atoms with Crippen molar-refractivity contribution in [2.45, 2.75) is 26.3 Å². The van der Waals surface area contributed by atoms with E-state index in [1.807, 2.05) is 6.07 Å². The number of halogens is 1. The van der Waals surface area contributed by atoms with Crippen molar-refractivity contribution >= 4 is 0 Å². The molecule has 1 rings (SSSR count). The molecule has 5 heteroatoms. The number of para-hydroxylation sites is 1. The van der Waals surface area contributed by atoms with Crippen LogP contribution in [0, 0.1) is 5.82 Å². The number of rotatable bonds is 12. The molecule has 0 aromatic heterocycles. The lowest BCUT2D eigenvalue weighted by atomic mass is 10.2. The first-order chi connectivity index (χ1) is 10.3. The molecule has 0 bridgehead atoms. The lowest BCUT2D eigenvalue weighted by Crippen LogP contribution is -2.19. The van der Waals surface area contributed by atoms with E-state index in [0.29, 0.717) is 38.7 Å². The van der Waals surface area contributed by atoms with E-state index >= 15 is 0 Å². The van der Waals surface area contributed by atoms with Crippen LogP contribution in [0.2, 0.25) is 0 Å². The number of ether oxygens (including phenoxy) is 3. The smallest absolute Gasteiger partial charge is 0.165 e. The van der Waals surface area contributed by atoms with E-state index in [1.165, 1.54) is 6.07 Å². The number of benzene rings is 1. The minimum Gasteiger partial charge on any atom is -0.488 e. The molecule has 0 aliphatic heterocycles. The minimum absolute atomic E-state index is 0.307. The molecule has 0 heterocycles. The Hall–Kier alpha value is -1.17. The fourth-order valence-corrected chi connectivity index (χ4v) is 1.80. The van der Waals surface area contributed by atoms with Crippen molar-refractivity contribution in [3.05, 3.63) is 29.6 Å². The van der Waals surface area contributed by atoms with Crippen LogP contribution in [-0.2, 0) is 16.0 Å². The van der Waals surface area contributed by atoms with Crippen molar-refractivity contribution < 1.29 is 18.6 Å². The summed E-state index contributed by atoms with van der Waals surface area (Å²) < 4.78 is 29.7. The Bertz CT molecular complexity index is 388. The van der Waals surface area contributed by atoms with Crippen LogP contribution in [0.5, 0.6) is 5.75 Å². The maximum atomic E-state index is 13.8. The van der Waals surface area contributed by atoms with Crippen LogP contribution >= 0.6 is 0 Å². The molecule has 0 amide bonds. The molecule has 120 valence electrons.